The molecule has 0 saturated carbocycles. The summed E-state index contributed by atoms with van der Waals surface area (Å²) >= 11 is 0. The normalized spacial score (nSPS) is 33.8. The number of carbonyl (C=O) groups is 3. The average molecular weight is 1850 g/mol. The number of aromatic nitrogens is 6. The molecular weight excluding hydrogens is 1720 g/mol. The third kappa shape index (κ3) is 27.1. The first-order chi connectivity index (χ1) is 62.5. The van der Waals surface area contributed by atoms with Gasteiger partial charge in [0.1, 0.15) is 164 Å². The van der Waals surface area contributed by atoms with E-state index in [-0.39, 0.29) is 93.9 Å². The topological polar surface area (TPSA) is 538 Å². The van der Waals surface area contributed by atoms with E-state index < -0.39 is 201 Å². The highest BCUT2D eigenvalue weighted by atomic mass is 16.8. The van der Waals surface area contributed by atoms with Gasteiger partial charge >= 0.3 is 17.1 Å². The van der Waals surface area contributed by atoms with Crippen LogP contribution in [0.1, 0.15) is 77.0 Å². The van der Waals surface area contributed by atoms with E-state index in [0.29, 0.717) is 91.6 Å². The highest BCUT2D eigenvalue weighted by molar-refractivity contribution is 5.76. The second-order valence-electron chi connectivity index (χ2n) is 31.6. The van der Waals surface area contributed by atoms with E-state index in [1.807, 2.05) is 0 Å². The van der Waals surface area contributed by atoms with E-state index in [1.165, 1.54) is 143 Å². The van der Waals surface area contributed by atoms with Crippen molar-refractivity contribution < 1.29 is 158 Å². The molecule has 48 heteroatoms. The minimum Gasteiger partial charge on any atom is -0.424 e. The number of amides is 3. The molecule has 3 amide bonds. The molecule has 48 nitrogen and oxygen atoms in total. The van der Waals surface area contributed by atoms with E-state index in [0.717, 1.165) is 0 Å². The van der Waals surface area contributed by atoms with Crippen LogP contribution < -0.4 is 49.0 Å². The molecule has 0 aromatic carbocycles. The van der Waals surface area contributed by atoms with Crippen LogP contribution >= 0.6 is 0 Å². The average Bonchev–Trinajstić information content (AvgIpc) is 0.758. The van der Waals surface area contributed by atoms with Crippen LogP contribution in [0.15, 0.2) is 51.2 Å². The lowest BCUT2D eigenvalue weighted by molar-refractivity contribution is -0.407. The maximum atomic E-state index is 14.2. The Bertz CT molecular complexity index is 3630. The number of ether oxygens (including phenoxy) is 27. The van der Waals surface area contributed by atoms with Gasteiger partial charge in [-0.05, 0) is 38.5 Å². The molecule has 129 heavy (non-hydrogen) atoms. The van der Waals surface area contributed by atoms with Gasteiger partial charge in [-0.3, -0.25) is 14.4 Å². The van der Waals surface area contributed by atoms with Gasteiger partial charge in [0.15, 0.2) is 37.7 Å². The van der Waals surface area contributed by atoms with Gasteiger partial charge in [0, 0.05) is 183 Å². The first-order valence-corrected chi connectivity index (χ1v) is 43.1. The summed E-state index contributed by atoms with van der Waals surface area (Å²) < 4.78 is 181. The Hall–Kier alpha value is -7.23. The number of unbranched alkanes of at least 4 members (excludes halogenated alkanes) is 6. The molecule has 9 N–H and O–H groups in total. The fourth-order valence-corrected chi connectivity index (χ4v) is 17.1. The first kappa shape index (κ1) is 104. The largest absolute Gasteiger partial charge is 0.424 e. The Kier molecular flexibility index (Phi) is 42.2. The van der Waals surface area contributed by atoms with Crippen LogP contribution in [0.5, 0.6) is 0 Å². The second-order valence-corrected chi connectivity index (χ2v) is 31.6. The smallest absolute Gasteiger partial charge is 0.382 e. The molecule has 25 rings (SSSR count). The molecule has 22 aliphatic heterocycles. The maximum Gasteiger partial charge on any atom is 0.382 e. The van der Waals surface area contributed by atoms with Gasteiger partial charge in [0.05, 0.1) is 38.4 Å². The number of nitrogens with zero attached hydrogens (tertiary/aromatic N) is 6. The number of anilines is 3. The summed E-state index contributed by atoms with van der Waals surface area (Å²) in [7, 11) is 21.6. The van der Waals surface area contributed by atoms with Crippen molar-refractivity contribution in [1.82, 2.24) is 45.1 Å². The SMILES string of the molecule is COC[C@@H]1O[C@H]2O[C@@H]3[C@H](OC)[C@H](OC)[C@H](O[C@@H]4[C@H](OC)[C@H](OC)[C@H](O[C@@H]5[C@H](OC)[C@@H](OC)[C@H](O[C@H]6[C@H](OC)[C@H](OC)[C@H](O[C@H]7[C@H](OC)[C@H](OC)[C@H](O[C@H]1[C@@H](OC)[C@@H]2OC)O[C@@H]7CNC(=O)CCCCCNc1ccn(O)c(=O)n1)O[C@@H]6COC)O[C@H]5CNC(=O)CCCCCNc1ccn(O)c(=O)n1)O[C@@H]4COC)O[C@@H]3CNC(=O)CCCCCNc1ccn(O)c(=O)n1. The number of hydrogen-bond acceptors (Lipinski definition) is 42. The highest BCUT2D eigenvalue weighted by Gasteiger charge is 2.62. The molecule has 22 fully saturated rings. The number of nitrogens with one attached hydrogen (secondary N) is 6. The van der Waals surface area contributed by atoms with Crippen molar-refractivity contribution in [3.63, 3.8) is 0 Å². The fourth-order valence-electron chi connectivity index (χ4n) is 17.1. The van der Waals surface area contributed by atoms with Gasteiger partial charge in [-0.2, -0.15) is 15.0 Å². The summed E-state index contributed by atoms with van der Waals surface area (Å²) in [5.41, 5.74) is -2.53. The third-order valence-corrected chi connectivity index (χ3v) is 23.6. The summed E-state index contributed by atoms with van der Waals surface area (Å²) in [6.45, 7) is 0.0241. The van der Waals surface area contributed by atoms with Crippen LogP contribution in [0.2, 0.25) is 0 Å². The van der Waals surface area contributed by atoms with Crippen molar-refractivity contribution in [2.24, 2.45) is 0 Å². The van der Waals surface area contributed by atoms with Gasteiger partial charge in [-0.1, -0.05) is 19.3 Å². The Morgan fingerprint density at radius 3 is 0.690 bits per heavy atom. The Morgan fingerprint density at radius 1 is 0.295 bits per heavy atom. The molecule has 0 radical (unpaired) electrons. The van der Waals surface area contributed by atoms with Gasteiger partial charge < -0.3 is 175 Å². The summed E-state index contributed by atoms with van der Waals surface area (Å²) in [6, 6.07) is 4.36. The van der Waals surface area contributed by atoms with Gasteiger partial charge in [0.2, 0.25) is 17.7 Å². The molecule has 0 spiro atoms. The van der Waals surface area contributed by atoms with Crippen LogP contribution in [-0.2, 0) is 142 Å². The first-order valence-electron chi connectivity index (χ1n) is 43.1. The second kappa shape index (κ2) is 52.4. The standard InChI is InChI=1S/C81H132N12O36/c1-103-40-46-58-64(109-7)70(115-13)76(121-46)124-55-43(37-85-52(94)25-19-16-22-31-82-49-28-34-91(100)79(97)88-49)119-74(68(113-11)61(55)106-4)128-59-47(41-104-2)123-78(72(117-15)65(59)110-8)126-57-45(39-87-54(96)27-21-18-24-33-84-51-30-36-93(102)81(99)90-51)120-75(69(114-12)63(57)108-6)129-60-48(42-105-3)122-77(71(116-14)66(60)111-9)125-56-44(118-73(127-58)67(112-10)62(56)107-5)38-86-53(95)26-20-17-23-32-83-50-29-35-92(101)80(98)89-50/h28-30,34-36,43-48,55-78,100-102H,16-27,31-33,37-42H2,1-15H3,(H,85,94)(H,86,95)(H,87,96)(H,82,88,97)(H,83,89,98)(H,84,90,99)/t43-,44-,45+,46+,47-,48-,55+,56-,57+,58-,59+,60-,61+,62+,63+,64-,65+,66+,67+,68+,69-,70+,71+,72+,73+,74+,75+,76+,77+,78+/m1/s1. The zero-order chi connectivity index (χ0) is 92.8. The van der Waals surface area contributed by atoms with Gasteiger partial charge in [-0.15, -0.1) is 14.2 Å². The fraction of sp³-hybridized carbons (Fsp3) is 0.815. The molecule has 12 bridgehead atoms. The Morgan fingerprint density at radius 2 is 0.496 bits per heavy atom. The number of carbonyl (C=O) groups excluding carboxylic acids is 3. The lowest BCUT2D eigenvalue weighted by Crippen LogP contribution is -2.70. The van der Waals surface area contributed by atoms with Crippen molar-refractivity contribution in [2.75, 3.05) is 182 Å². The Labute approximate surface area is 746 Å². The lowest BCUT2D eigenvalue weighted by atomic mass is 9.94. The summed E-state index contributed by atoms with van der Waals surface area (Å²) in [6.07, 6.45) is -28.1. The van der Waals surface area contributed by atoms with Crippen molar-refractivity contribution in [3.8, 4) is 0 Å². The van der Waals surface area contributed by atoms with Crippen LogP contribution in [-0.4, -0.2) is 412 Å². The van der Waals surface area contributed by atoms with Crippen LogP contribution in [0.4, 0.5) is 17.5 Å². The summed E-state index contributed by atoms with van der Waals surface area (Å²) in [4.78, 5) is 89.9. The van der Waals surface area contributed by atoms with E-state index in [4.69, 9.17) is 128 Å². The van der Waals surface area contributed by atoms with Crippen molar-refractivity contribution in [1.29, 1.82) is 0 Å². The number of rotatable bonds is 45. The van der Waals surface area contributed by atoms with E-state index in [1.54, 1.807) is 0 Å². The monoisotopic (exact) mass is 1850 g/mol. The van der Waals surface area contributed by atoms with E-state index in [9.17, 15) is 44.4 Å². The predicted octanol–water partition coefficient (Wildman–Crippen LogP) is -1.47. The molecule has 22 saturated heterocycles. The molecule has 3 aromatic rings. The van der Waals surface area contributed by atoms with E-state index in [2.05, 4.69) is 46.9 Å². The number of methoxy groups -OCH3 is 15. The van der Waals surface area contributed by atoms with E-state index >= 15 is 0 Å². The summed E-state index contributed by atoms with van der Waals surface area (Å²) in [5.74, 6) is -0.246. The minimum atomic E-state index is -1.43. The van der Waals surface area contributed by atoms with Crippen molar-refractivity contribution >= 4 is 35.2 Å². The third-order valence-electron chi connectivity index (χ3n) is 23.6. The van der Waals surface area contributed by atoms with Crippen molar-refractivity contribution in [3.05, 3.63) is 68.2 Å². The quantitative estimate of drug-likeness (QED) is 0.0230. The molecule has 732 valence electrons. The van der Waals surface area contributed by atoms with Crippen LogP contribution in [0.3, 0.4) is 0 Å². The molecular formula is C81H132N12O36. The maximum absolute atomic E-state index is 14.2. The zero-order valence-electron chi connectivity index (χ0n) is 75.6. The molecule has 3 aromatic heterocycles. The van der Waals surface area contributed by atoms with Gasteiger partial charge in [0.25, 0.3) is 0 Å². The van der Waals surface area contributed by atoms with Crippen LogP contribution in [0.25, 0.3) is 0 Å². The highest BCUT2D eigenvalue weighted by Crippen LogP contribution is 2.43. The molecule has 0 unspecified atom stereocenters. The van der Waals surface area contributed by atoms with Crippen molar-refractivity contribution in [2.45, 2.75) is 261 Å². The predicted molar refractivity (Wildman–Crippen MR) is 443 cm³/mol. The number of hydrogen-bond donors (Lipinski definition) is 9. The lowest BCUT2D eigenvalue weighted by Gasteiger charge is -2.53. The molecule has 30 atom stereocenters. The molecule has 22 aliphatic rings. The van der Waals surface area contributed by atoms with Crippen LogP contribution in [0, 0.1) is 0 Å². The minimum absolute atomic E-state index is 0.0717. The molecule has 25 heterocycles. The van der Waals surface area contributed by atoms with Gasteiger partial charge in [-0.25, -0.2) is 14.4 Å². The summed E-state index contributed by atoms with van der Waals surface area (Å²) in [5, 5.41) is 47.2. The molecule has 0 aliphatic carbocycles. The zero-order valence-corrected chi connectivity index (χ0v) is 75.6. The Balaban J connectivity index is 1.01.